The van der Waals surface area contributed by atoms with Crippen LogP contribution in [0, 0.1) is 5.92 Å². The summed E-state index contributed by atoms with van der Waals surface area (Å²) in [6, 6.07) is 19.8. The van der Waals surface area contributed by atoms with Gasteiger partial charge in [-0.2, -0.15) is 4.67 Å². The predicted octanol–water partition coefficient (Wildman–Crippen LogP) is 5.26. The highest BCUT2D eigenvalue weighted by Crippen LogP contribution is 2.59. The Morgan fingerprint density at radius 3 is 2.44 bits per heavy atom. The molecule has 0 bridgehead atoms. The van der Waals surface area contributed by atoms with E-state index in [2.05, 4.69) is 12.1 Å². The van der Waals surface area contributed by atoms with Crippen molar-refractivity contribution in [1.82, 2.24) is 4.67 Å². The van der Waals surface area contributed by atoms with Crippen molar-refractivity contribution in [3.8, 4) is 5.75 Å². The van der Waals surface area contributed by atoms with Crippen molar-refractivity contribution in [3.05, 3.63) is 66.2 Å². The molecular formula is C20H24NO3P. The van der Waals surface area contributed by atoms with Crippen molar-refractivity contribution in [2.75, 3.05) is 6.61 Å². The Morgan fingerprint density at radius 2 is 1.68 bits per heavy atom. The third-order valence-electron chi connectivity index (χ3n) is 5.17. The van der Waals surface area contributed by atoms with Gasteiger partial charge < -0.3 is 4.52 Å². The molecule has 2 aromatic rings. The highest BCUT2D eigenvalue weighted by atomic mass is 31.2. The Balaban J connectivity index is 1.64. The molecule has 1 saturated heterocycles. The number of nitrogens with zero attached hydrogens (tertiary/aromatic N) is 1. The van der Waals surface area contributed by atoms with Crippen molar-refractivity contribution in [1.29, 1.82) is 0 Å². The quantitative estimate of drug-likeness (QED) is 0.699. The van der Waals surface area contributed by atoms with E-state index in [-0.39, 0.29) is 6.04 Å². The molecule has 1 aliphatic heterocycles. The molecule has 1 heterocycles. The summed E-state index contributed by atoms with van der Waals surface area (Å²) in [6.07, 6.45) is 4.61. The van der Waals surface area contributed by atoms with E-state index >= 15 is 0 Å². The zero-order valence-electron chi connectivity index (χ0n) is 14.3. The standard InChI is InChI=1S/C20H24NO3P/c22-25(24-19-12-5-2-6-13-19)21(15-17-9-3-1-4-10-17)20-14-8-7-11-18(20)16-23-25/h1-6,9-10,12-13,18,20H,7-8,11,14-16H2/t18-,20-,25+/m1/s1. The van der Waals surface area contributed by atoms with E-state index in [9.17, 15) is 4.57 Å². The van der Waals surface area contributed by atoms with Gasteiger partial charge in [-0.1, -0.05) is 61.4 Å². The number of hydrogen-bond acceptors (Lipinski definition) is 3. The minimum absolute atomic E-state index is 0.261. The maximum atomic E-state index is 13.7. The number of benzene rings is 2. The Bertz CT molecular complexity index is 737. The van der Waals surface area contributed by atoms with Gasteiger partial charge >= 0.3 is 7.75 Å². The third-order valence-corrected chi connectivity index (χ3v) is 7.15. The lowest BCUT2D eigenvalue weighted by molar-refractivity contribution is 0.0429. The van der Waals surface area contributed by atoms with Crippen molar-refractivity contribution in [2.24, 2.45) is 5.92 Å². The monoisotopic (exact) mass is 357 g/mol. The Morgan fingerprint density at radius 1 is 1.00 bits per heavy atom. The van der Waals surface area contributed by atoms with Gasteiger partial charge in [-0.25, -0.2) is 4.57 Å². The molecule has 2 aromatic carbocycles. The Labute approximate surface area is 149 Å². The number of fused-ring (bicyclic) bond motifs is 1. The Hall–Kier alpha value is -1.61. The van der Waals surface area contributed by atoms with Gasteiger partial charge in [0.05, 0.1) is 6.61 Å². The van der Waals surface area contributed by atoms with Gasteiger partial charge in [0, 0.05) is 12.6 Å². The maximum Gasteiger partial charge on any atom is 0.461 e. The maximum absolute atomic E-state index is 13.7. The molecule has 2 aliphatic rings. The topological polar surface area (TPSA) is 38.8 Å². The lowest BCUT2D eigenvalue weighted by atomic mass is 9.85. The Kier molecular flexibility index (Phi) is 4.93. The zero-order chi connectivity index (χ0) is 17.1. The van der Waals surface area contributed by atoms with Gasteiger partial charge in [0.25, 0.3) is 0 Å². The predicted molar refractivity (Wildman–Crippen MR) is 98.4 cm³/mol. The fourth-order valence-corrected chi connectivity index (χ4v) is 5.97. The molecule has 132 valence electrons. The van der Waals surface area contributed by atoms with Crippen molar-refractivity contribution >= 4 is 7.75 Å². The van der Waals surface area contributed by atoms with Gasteiger partial charge in [-0.3, -0.25) is 4.52 Å². The molecule has 2 fully saturated rings. The van der Waals surface area contributed by atoms with Gasteiger partial charge in [-0.05, 0) is 36.5 Å². The average molecular weight is 357 g/mol. The molecule has 4 rings (SSSR count). The van der Waals surface area contributed by atoms with Crippen LogP contribution in [0.4, 0.5) is 0 Å². The summed E-state index contributed by atoms with van der Waals surface area (Å²) >= 11 is 0. The van der Waals surface area contributed by atoms with E-state index in [1.54, 1.807) is 0 Å². The molecule has 0 amide bonds. The van der Waals surface area contributed by atoms with Gasteiger partial charge in [0.2, 0.25) is 0 Å². The summed E-state index contributed by atoms with van der Waals surface area (Å²) in [6.45, 7) is 1.12. The van der Waals surface area contributed by atoms with Crippen LogP contribution in [0.2, 0.25) is 0 Å². The van der Waals surface area contributed by atoms with Crippen molar-refractivity contribution in [3.63, 3.8) is 0 Å². The van der Waals surface area contributed by atoms with Crippen LogP contribution < -0.4 is 4.52 Å². The lowest BCUT2D eigenvalue weighted by Gasteiger charge is -2.46. The second-order valence-electron chi connectivity index (χ2n) is 6.86. The fourth-order valence-electron chi connectivity index (χ4n) is 3.89. The van der Waals surface area contributed by atoms with E-state index in [1.807, 2.05) is 53.2 Å². The van der Waals surface area contributed by atoms with Crippen molar-refractivity contribution in [2.45, 2.75) is 38.3 Å². The van der Waals surface area contributed by atoms with Crippen LogP contribution in [0.3, 0.4) is 0 Å². The van der Waals surface area contributed by atoms with Gasteiger partial charge in [0.15, 0.2) is 0 Å². The normalized spacial score (nSPS) is 29.8. The highest BCUT2D eigenvalue weighted by Gasteiger charge is 2.48. The van der Waals surface area contributed by atoms with E-state index in [4.69, 9.17) is 9.05 Å². The summed E-state index contributed by atoms with van der Waals surface area (Å²) in [5.74, 6) is 1.04. The number of hydrogen-bond donors (Lipinski definition) is 0. The average Bonchev–Trinajstić information content (AvgIpc) is 2.66. The first-order valence-corrected chi connectivity index (χ1v) is 10.5. The van der Waals surface area contributed by atoms with E-state index in [0.717, 1.165) is 18.4 Å². The summed E-state index contributed by atoms with van der Waals surface area (Å²) in [7, 11) is -3.37. The molecule has 0 N–H and O–H groups in total. The molecule has 3 atom stereocenters. The minimum Gasteiger partial charge on any atom is -0.413 e. The fraction of sp³-hybridized carbons (Fsp3) is 0.400. The van der Waals surface area contributed by atoms with Crippen LogP contribution in [-0.2, 0) is 15.6 Å². The first kappa shape index (κ1) is 16.8. The van der Waals surface area contributed by atoms with E-state index in [0.29, 0.717) is 24.8 Å². The molecule has 5 heteroatoms. The highest BCUT2D eigenvalue weighted by molar-refractivity contribution is 7.51. The summed E-state index contributed by atoms with van der Waals surface area (Å²) in [4.78, 5) is 0. The van der Waals surface area contributed by atoms with Crippen LogP contribution >= 0.6 is 7.75 Å². The lowest BCUT2D eigenvalue weighted by Crippen LogP contribution is -2.47. The summed E-state index contributed by atoms with van der Waals surface area (Å²) in [5.41, 5.74) is 1.13. The molecule has 1 aliphatic carbocycles. The summed E-state index contributed by atoms with van der Waals surface area (Å²) < 4.78 is 27.5. The third kappa shape index (κ3) is 3.67. The molecule has 4 nitrogen and oxygen atoms in total. The van der Waals surface area contributed by atoms with Gasteiger partial charge in [0.1, 0.15) is 5.75 Å². The van der Waals surface area contributed by atoms with E-state index in [1.165, 1.54) is 12.8 Å². The molecule has 0 aromatic heterocycles. The number of para-hydroxylation sites is 1. The zero-order valence-corrected chi connectivity index (χ0v) is 15.2. The first-order chi connectivity index (χ1) is 12.2. The second kappa shape index (κ2) is 7.33. The molecular weight excluding hydrogens is 333 g/mol. The molecule has 0 unspecified atom stereocenters. The largest absolute Gasteiger partial charge is 0.461 e. The van der Waals surface area contributed by atoms with Crippen molar-refractivity contribution < 1.29 is 13.6 Å². The van der Waals surface area contributed by atoms with Crippen LogP contribution in [0.25, 0.3) is 0 Å². The van der Waals surface area contributed by atoms with Crippen LogP contribution in [-0.4, -0.2) is 17.3 Å². The number of rotatable bonds is 4. The summed E-state index contributed by atoms with van der Waals surface area (Å²) in [5, 5.41) is 0. The second-order valence-corrected chi connectivity index (χ2v) is 8.76. The molecule has 25 heavy (non-hydrogen) atoms. The van der Waals surface area contributed by atoms with Crippen LogP contribution in [0.1, 0.15) is 31.2 Å². The minimum atomic E-state index is -3.37. The molecule has 0 spiro atoms. The molecule has 1 saturated carbocycles. The SMILES string of the molecule is O=[P@]1(Oc2ccccc2)OC[C@H]2CCCC[C@H]2N1Cc1ccccc1. The van der Waals surface area contributed by atoms with Crippen LogP contribution in [0.15, 0.2) is 60.7 Å². The molecule has 0 radical (unpaired) electrons. The van der Waals surface area contributed by atoms with Crippen LogP contribution in [0.5, 0.6) is 5.75 Å². The van der Waals surface area contributed by atoms with Gasteiger partial charge in [-0.15, -0.1) is 0 Å². The first-order valence-electron chi connectivity index (χ1n) is 9.05. The van der Waals surface area contributed by atoms with E-state index < -0.39 is 7.75 Å². The smallest absolute Gasteiger partial charge is 0.413 e.